The molecule has 0 aliphatic carbocycles. The molecule has 0 radical (unpaired) electrons. The molecule has 3 N–H and O–H groups in total. The summed E-state index contributed by atoms with van der Waals surface area (Å²) in [6.07, 6.45) is 1.45. The predicted molar refractivity (Wildman–Crippen MR) is 86.5 cm³/mol. The molecule has 0 bridgehead atoms. The zero-order chi connectivity index (χ0) is 15.4. The van der Waals surface area contributed by atoms with E-state index in [1.54, 1.807) is 19.1 Å². The highest BCUT2D eigenvalue weighted by atomic mass is 35.5. The van der Waals surface area contributed by atoms with Gasteiger partial charge in [-0.3, -0.25) is 15.6 Å². The third-order valence-corrected chi connectivity index (χ3v) is 3.43. The molecule has 0 fully saturated rings. The van der Waals surface area contributed by atoms with Crippen molar-refractivity contribution in [2.24, 2.45) is 0 Å². The van der Waals surface area contributed by atoms with Crippen molar-refractivity contribution in [1.29, 1.82) is 0 Å². The smallest absolute Gasteiger partial charge is 0.273 e. The maximum atomic E-state index is 11.8. The summed E-state index contributed by atoms with van der Waals surface area (Å²) in [7, 11) is 0. The van der Waals surface area contributed by atoms with E-state index in [1.165, 1.54) is 6.26 Å². The van der Waals surface area contributed by atoms with E-state index in [0.717, 1.165) is 11.3 Å². The van der Waals surface area contributed by atoms with Gasteiger partial charge in [0, 0.05) is 10.7 Å². The molecule has 1 amide bonds. The lowest BCUT2D eigenvalue weighted by atomic mass is 10.2. The van der Waals surface area contributed by atoms with Crippen molar-refractivity contribution in [1.82, 2.24) is 10.9 Å². The summed E-state index contributed by atoms with van der Waals surface area (Å²) in [5.41, 5.74) is 7.26. The van der Waals surface area contributed by atoms with Crippen molar-refractivity contribution in [2.75, 3.05) is 5.32 Å². The average Bonchev–Trinajstić information content (AvgIpc) is 2.86. The Morgan fingerprint density at radius 3 is 2.62 bits per heavy atom. The molecule has 0 aliphatic rings. The summed E-state index contributed by atoms with van der Waals surface area (Å²) in [5.74, 6) is 0.214. The van der Waals surface area contributed by atoms with Crippen molar-refractivity contribution in [3.05, 3.63) is 52.4 Å². The van der Waals surface area contributed by atoms with Gasteiger partial charge in [0.2, 0.25) is 0 Å². The Morgan fingerprint density at radius 2 is 2.00 bits per heavy atom. The van der Waals surface area contributed by atoms with E-state index in [1.807, 2.05) is 19.1 Å². The van der Waals surface area contributed by atoms with Crippen LogP contribution in [0.5, 0.6) is 0 Å². The molecular weight excluding hydrogens is 310 g/mol. The molecule has 1 heterocycles. The number of rotatable bonds is 2. The fraction of sp³-hybridized carbons (Fsp3) is 0.143. The van der Waals surface area contributed by atoms with E-state index in [-0.39, 0.29) is 11.0 Å². The second-order valence-corrected chi connectivity index (χ2v) is 5.20. The fourth-order valence-corrected chi connectivity index (χ4v) is 1.98. The molecule has 2 rings (SSSR count). The minimum Gasteiger partial charge on any atom is -0.469 e. The zero-order valence-corrected chi connectivity index (χ0v) is 13.1. The van der Waals surface area contributed by atoms with Gasteiger partial charge in [0.05, 0.1) is 11.8 Å². The number of furan rings is 1. The molecule has 1 aromatic heterocycles. The van der Waals surface area contributed by atoms with E-state index >= 15 is 0 Å². The lowest BCUT2D eigenvalue weighted by Crippen LogP contribution is -2.43. The first-order valence-electron chi connectivity index (χ1n) is 6.15. The van der Waals surface area contributed by atoms with Gasteiger partial charge in [0.25, 0.3) is 5.91 Å². The van der Waals surface area contributed by atoms with Gasteiger partial charge in [-0.2, -0.15) is 0 Å². The number of carbonyl (C=O) groups excluding carboxylic acids is 1. The number of anilines is 1. The van der Waals surface area contributed by atoms with Crippen LogP contribution in [0.3, 0.4) is 0 Å². The molecule has 7 heteroatoms. The lowest BCUT2D eigenvalue weighted by molar-refractivity contribution is 0.0942. The van der Waals surface area contributed by atoms with Gasteiger partial charge in [-0.05, 0) is 49.8 Å². The summed E-state index contributed by atoms with van der Waals surface area (Å²) in [5, 5.41) is 3.82. The Morgan fingerprint density at radius 1 is 1.24 bits per heavy atom. The first kappa shape index (κ1) is 15.3. The Bertz CT molecular complexity index is 685. The molecule has 2 aromatic rings. The second kappa shape index (κ2) is 6.60. The molecule has 5 nitrogen and oxygen atoms in total. The van der Waals surface area contributed by atoms with Gasteiger partial charge in [-0.25, -0.2) is 0 Å². The number of hydrogen-bond acceptors (Lipinski definition) is 3. The summed E-state index contributed by atoms with van der Waals surface area (Å²) in [6.45, 7) is 3.62. The van der Waals surface area contributed by atoms with Crippen LogP contribution in [-0.2, 0) is 0 Å². The number of halogens is 1. The molecular formula is C14H14ClN3O2S. The molecule has 0 spiro atoms. The van der Waals surface area contributed by atoms with Gasteiger partial charge in [0.15, 0.2) is 5.11 Å². The van der Waals surface area contributed by atoms with Crippen molar-refractivity contribution in [3.63, 3.8) is 0 Å². The SMILES string of the molecule is Cc1ccc(NC(=S)NNC(=O)c2ccoc2C)cc1Cl. The molecule has 1 aromatic carbocycles. The largest absolute Gasteiger partial charge is 0.469 e. The van der Waals surface area contributed by atoms with E-state index < -0.39 is 0 Å². The normalized spacial score (nSPS) is 10.0. The topological polar surface area (TPSA) is 66.3 Å². The average molecular weight is 324 g/mol. The van der Waals surface area contributed by atoms with E-state index in [0.29, 0.717) is 16.3 Å². The summed E-state index contributed by atoms with van der Waals surface area (Å²) >= 11 is 11.1. The van der Waals surface area contributed by atoms with Crippen molar-refractivity contribution >= 4 is 40.5 Å². The molecule has 21 heavy (non-hydrogen) atoms. The number of aryl methyl sites for hydroxylation is 2. The monoisotopic (exact) mass is 323 g/mol. The van der Waals surface area contributed by atoms with Crippen LogP contribution in [0.15, 0.2) is 34.9 Å². The van der Waals surface area contributed by atoms with Crippen LogP contribution in [0, 0.1) is 13.8 Å². The van der Waals surface area contributed by atoms with Crippen LogP contribution in [0.25, 0.3) is 0 Å². The maximum Gasteiger partial charge on any atom is 0.273 e. The first-order chi connectivity index (χ1) is 9.97. The Labute approximate surface area is 132 Å². The van der Waals surface area contributed by atoms with E-state index in [2.05, 4.69) is 16.2 Å². The highest BCUT2D eigenvalue weighted by molar-refractivity contribution is 7.80. The third kappa shape index (κ3) is 3.96. The molecule has 0 saturated carbocycles. The van der Waals surface area contributed by atoms with Crippen LogP contribution in [-0.4, -0.2) is 11.0 Å². The van der Waals surface area contributed by atoms with Crippen LogP contribution in [0.1, 0.15) is 21.7 Å². The first-order valence-corrected chi connectivity index (χ1v) is 6.93. The standard InChI is InChI=1S/C14H14ClN3O2S/c1-8-3-4-10(7-12(8)15)16-14(21)18-17-13(19)11-5-6-20-9(11)2/h3-7H,1-2H3,(H,17,19)(H2,16,18,21). The molecule has 0 aliphatic heterocycles. The van der Waals surface area contributed by atoms with Crippen molar-refractivity contribution < 1.29 is 9.21 Å². The van der Waals surface area contributed by atoms with Crippen molar-refractivity contribution in [2.45, 2.75) is 13.8 Å². The fourth-order valence-electron chi connectivity index (χ4n) is 1.63. The number of hydrogen-bond donors (Lipinski definition) is 3. The number of benzene rings is 1. The summed E-state index contributed by atoms with van der Waals surface area (Å²) < 4.78 is 5.06. The van der Waals surface area contributed by atoms with Gasteiger partial charge in [-0.1, -0.05) is 17.7 Å². The molecule has 0 saturated heterocycles. The Balaban J connectivity index is 1.89. The van der Waals surface area contributed by atoms with Gasteiger partial charge in [0.1, 0.15) is 5.76 Å². The van der Waals surface area contributed by atoms with E-state index in [9.17, 15) is 4.79 Å². The van der Waals surface area contributed by atoms with E-state index in [4.69, 9.17) is 28.2 Å². The van der Waals surface area contributed by atoms with Gasteiger partial charge >= 0.3 is 0 Å². The van der Waals surface area contributed by atoms with Gasteiger partial charge < -0.3 is 9.73 Å². The van der Waals surface area contributed by atoms with Crippen LogP contribution < -0.4 is 16.2 Å². The molecule has 110 valence electrons. The minimum absolute atomic E-state index is 0.254. The van der Waals surface area contributed by atoms with Gasteiger partial charge in [-0.15, -0.1) is 0 Å². The lowest BCUT2D eigenvalue weighted by Gasteiger charge is -2.12. The minimum atomic E-state index is -0.327. The second-order valence-electron chi connectivity index (χ2n) is 4.39. The number of hydrazine groups is 1. The Hall–Kier alpha value is -2.05. The van der Waals surface area contributed by atoms with Crippen LogP contribution >= 0.6 is 23.8 Å². The van der Waals surface area contributed by atoms with Crippen LogP contribution in [0.2, 0.25) is 5.02 Å². The number of carbonyl (C=O) groups is 1. The Kier molecular flexibility index (Phi) is 4.82. The van der Waals surface area contributed by atoms with Crippen LogP contribution in [0.4, 0.5) is 5.69 Å². The third-order valence-electron chi connectivity index (χ3n) is 2.82. The quantitative estimate of drug-likeness (QED) is 0.585. The maximum absolute atomic E-state index is 11.8. The molecule has 0 atom stereocenters. The predicted octanol–water partition coefficient (Wildman–Crippen LogP) is 3.18. The highest BCUT2D eigenvalue weighted by Gasteiger charge is 2.11. The molecule has 0 unspecified atom stereocenters. The summed E-state index contributed by atoms with van der Waals surface area (Å²) in [4.78, 5) is 11.8. The summed E-state index contributed by atoms with van der Waals surface area (Å²) in [6, 6.07) is 7.06. The number of thiocarbonyl (C=S) groups is 1. The van der Waals surface area contributed by atoms with Crippen molar-refractivity contribution in [3.8, 4) is 0 Å². The zero-order valence-electron chi connectivity index (χ0n) is 11.5. The number of amides is 1. The number of nitrogens with one attached hydrogen (secondary N) is 3. The highest BCUT2D eigenvalue weighted by Crippen LogP contribution is 2.19.